The van der Waals surface area contributed by atoms with Crippen LogP contribution in [0.5, 0.6) is 0 Å². The first-order valence-electron chi connectivity index (χ1n) is 6.03. The number of carbonyl (C=O) groups is 1. The highest BCUT2D eigenvalue weighted by atomic mass is 19.1. The van der Waals surface area contributed by atoms with Crippen LogP contribution in [0.15, 0.2) is 18.2 Å². The number of benzene rings is 1. The fourth-order valence-corrected chi connectivity index (χ4v) is 2.56. The summed E-state index contributed by atoms with van der Waals surface area (Å²) in [6.45, 7) is 0.931. The fraction of sp³-hybridized carbons (Fsp3) is 0.462. The van der Waals surface area contributed by atoms with Gasteiger partial charge in [-0.1, -0.05) is 0 Å². The predicted molar refractivity (Wildman–Crippen MR) is 61.9 cm³/mol. The number of hydrogen-bond donors (Lipinski definition) is 1. The molecule has 3 rings (SSSR count). The third kappa shape index (κ3) is 1.79. The van der Waals surface area contributed by atoms with Gasteiger partial charge < -0.3 is 10.6 Å². The molecule has 2 fully saturated rings. The van der Waals surface area contributed by atoms with Gasteiger partial charge in [-0.3, -0.25) is 4.79 Å². The first-order chi connectivity index (χ1) is 8.49. The highest BCUT2D eigenvalue weighted by molar-refractivity contribution is 5.95. The van der Waals surface area contributed by atoms with E-state index in [2.05, 4.69) is 0 Å². The van der Waals surface area contributed by atoms with E-state index in [9.17, 15) is 13.6 Å². The summed E-state index contributed by atoms with van der Waals surface area (Å²) in [5, 5.41) is 0. The number of carbonyl (C=O) groups excluding carboxylic acids is 1. The molecule has 1 aliphatic carbocycles. The summed E-state index contributed by atoms with van der Waals surface area (Å²) >= 11 is 0. The Balaban J connectivity index is 1.72. The maximum Gasteiger partial charge on any atom is 0.256 e. The Labute approximate surface area is 104 Å². The highest BCUT2D eigenvalue weighted by Crippen LogP contribution is 2.43. The molecule has 0 bridgehead atoms. The van der Waals surface area contributed by atoms with Crippen LogP contribution in [0.1, 0.15) is 23.2 Å². The molecule has 0 radical (unpaired) electrons. The van der Waals surface area contributed by atoms with Crippen molar-refractivity contribution in [1.29, 1.82) is 0 Å². The molecule has 1 saturated heterocycles. The Hall–Kier alpha value is -1.49. The van der Waals surface area contributed by atoms with Crippen molar-refractivity contribution < 1.29 is 13.6 Å². The summed E-state index contributed by atoms with van der Waals surface area (Å²) in [6, 6.07) is 3.00. The molecular weight excluding hydrogens is 238 g/mol. The van der Waals surface area contributed by atoms with E-state index >= 15 is 0 Å². The minimum Gasteiger partial charge on any atom is -0.335 e. The Morgan fingerprint density at radius 1 is 1.33 bits per heavy atom. The van der Waals surface area contributed by atoms with E-state index in [-0.39, 0.29) is 11.1 Å². The Kier molecular flexibility index (Phi) is 2.41. The largest absolute Gasteiger partial charge is 0.335 e. The zero-order valence-electron chi connectivity index (χ0n) is 9.83. The molecule has 0 aromatic heterocycles. The van der Waals surface area contributed by atoms with Crippen molar-refractivity contribution in [3.8, 4) is 0 Å². The Morgan fingerprint density at radius 2 is 2.00 bits per heavy atom. The molecule has 2 N–H and O–H groups in total. The molecule has 18 heavy (non-hydrogen) atoms. The molecule has 1 saturated carbocycles. The first-order valence-corrected chi connectivity index (χ1v) is 6.03. The Morgan fingerprint density at radius 3 is 2.56 bits per heavy atom. The second kappa shape index (κ2) is 3.75. The van der Waals surface area contributed by atoms with Crippen molar-refractivity contribution in [3.63, 3.8) is 0 Å². The fourth-order valence-electron chi connectivity index (χ4n) is 2.56. The summed E-state index contributed by atoms with van der Waals surface area (Å²) in [5.41, 5.74) is 5.75. The van der Waals surface area contributed by atoms with Crippen LogP contribution in [0.2, 0.25) is 0 Å². The van der Waals surface area contributed by atoms with Gasteiger partial charge in [0.1, 0.15) is 11.6 Å². The summed E-state index contributed by atoms with van der Waals surface area (Å²) in [6.07, 6.45) is 2.23. The lowest BCUT2D eigenvalue weighted by Gasteiger charge is -2.48. The van der Waals surface area contributed by atoms with Gasteiger partial charge in [0.2, 0.25) is 0 Å². The molecule has 0 atom stereocenters. The van der Waals surface area contributed by atoms with Gasteiger partial charge in [0.15, 0.2) is 0 Å². The lowest BCUT2D eigenvalue weighted by Crippen LogP contribution is -2.69. The third-order valence-corrected chi connectivity index (χ3v) is 3.81. The van der Waals surface area contributed by atoms with Crippen LogP contribution < -0.4 is 5.73 Å². The number of halogens is 2. The maximum absolute atomic E-state index is 13.5. The van der Waals surface area contributed by atoms with E-state index in [0.717, 1.165) is 25.0 Å². The van der Waals surface area contributed by atoms with E-state index in [1.807, 2.05) is 0 Å². The van der Waals surface area contributed by atoms with Gasteiger partial charge >= 0.3 is 0 Å². The van der Waals surface area contributed by atoms with E-state index in [1.54, 1.807) is 0 Å². The molecule has 5 heteroatoms. The number of likely N-dealkylation sites (tertiary alicyclic amines) is 1. The van der Waals surface area contributed by atoms with Crippen molar-refractivity contribution in [2.45, 2.75) is 18.4 Å². The average Bonchev–Trinajstić information content (AvgIpc) is 3.08. The van der Waals surface area contributed by atoms with E-state index in [1.165, 1.54) is 11.0 Å². The van der Waals surface area contributed by atoms with Gasteiger partial charge in [-0.15, -0.1) is 0 Å². The highest BCUT2D eigenvalue weighted by Gasteiger charge is 2.51. The van der Waals surface area contributed by atoms with E-state index < -0.39 is 17.5 Å². The number of nitrogens with zero attached hydrogens (tertiary/aromatic N) is 1. The van der Waals surface area contributed by atoms with E-state index in [0.29, 0.717) is 19.0 Å². The van der Waals surface area contributed by atoms with Crippen LogP contribution in [-0.2, 0) is 0 Å². The van der Waals surface area contributed by atoms with Crippen molar-refractivity contribution in [2.24, 2.45) is 11.7 Å². The minimum absolute atomic E-state index is 0.0887. The van der Waals surface area contributed by atoms with Gasteiger partial charge in [0.25, 0.3) is 5.91 Å². The summed E-state index contributed by atoms with van der Waals surface area (Å²) in [5.74, 6) is -1.41. The monoisotopic (exact) mass is 252 g/mol. The maximum atomic E-state index is 13.5. The van der Waals surface area contributed by atoms with Crippen LogP contribution in [-0.4, -0.2) is 29.4 Å². The van der Waals surface area contributed by atoms with Crippen molar-refractivity contribution in [3.05, 3.63) is 35.4 Å². The smallest absolute Gasteiger partial charge is 0.256 e. The number of hydrogen-bond acceptors (Lipinski definition) is 2. The molecule has 3 nitrogen and oxygen atoms in total. The van der Waals surface area contributed by atoms with Crippen LogP contribution >= 0.6 is 0 Å². The van der Waals surface area contributed by atoms with Gasteiger partial charge in [0.05, 0.1) is 11.1 Å². The number of rotatable bonds is 2. The van der Waals surface area contributed by atoms with Crippen molar-refractivity contribution in [1.82, 2.24) is 4.90 Å². The third-order valence-electron chi connectivity index (χ3n) is 3.81. The number of nitrogens with two attached hydrogens (primary N) is 1. The molecule has 1 amide bonds. The molecule has 1 aromatic carbocycles. The summed E-state index contributed by atoms with van der Waals surface area (Å²) in [7, 11) is 0. The molecular formula is C13H14F2N2O. The van der Waals surface area contributed by atoms with Crippen molar-refractivity contribution in [2.75, 3.05) is 13.1 Å². The first kappa shape index (κ1) is 11.6. The summed E-state index contributed by atoms with van der Waals surface area (Å²) in [4.78, 5) is 13.5. The molecule has 1 heterocycles. The Bertz CT molecular complexity index is 508. The van der Waals surface area contributed by atoms with Gasteiger partial charge in [-0.05, 0) is 30.9 Å². The molecule has 0 spiro atoms. The van der Waals surface area contributed by atoms with Crippen LogP contribution in [0, 0.1) is 17.6 Å². The predicted octanol–water partition coefficient (Wildman–Crippen LogP) is 1.53. The molecule has 1 aliphatic heterocycles. The lowest BCUT2D eigenvalue weighted by molar-refractivity contribution is 0.0346. The zero-order valence-corrected chi connectivity index (χ0v) is 9.83. The lowest BCUT2D eigenvalue weighted by atomic mass is 9.85. The van der Waals surface area contributed by atoms with Crippen LogP contribution in [0.4, 0.5) is 8.78 Å². The molecule has 2 aliphatic rings. The van der Waals surface area contributed by atoms with Gasteiger partial charge in [0, 0.05) is 19.2 Å². The average molecular weight is 252 g/mol. The minimum atomic E-state index is -0.819. The quantitative estimate of drug-likeness (QED) is 0.867. The molecule has 1 aromatic rings. The van der Waals surface area contributed by atoms with Crippen LogP contribution in [0.25, 0.3) is 0 Å². The summed E-state index contributed by atoms with van der Waals surface area (Å²) < 4.78 is 26.2. The molecule has 96 valence electrons. The normalized spacial score (nSPS) is 21.6. The van der Waals surface area contributed by atoms with Gasteiger partial charge in [-0.2, -0.15) is 0 Å². The van der Waals surface area contributed by atoms with E-state index in [4.69, 9.17) is 5.73 Å². The SMILES string of the molecule is NC1(C2CC2)CN(C(=O)c2ccc(F)cc2F)C1. The number of amides is 1. The second-order valence-corrected chi connectivity index (χ2v) is 5.29. The standard InChI is InChI=1S/C13H14F2N2O/c14-9-3-4-10(11(15)5-9)12(18)17-6-13(16,7-17)8-1-2-8/h3-5,8H,1-2,6-7,16H2. The van der Waals surface area contributed by atoms with Crippen LogP contribution in [0.3, 0.4) is 0 Å². The van der Waals surface area contributed by atoms with Crippen molar-refractivity contribution >= 4 is 5.91 Å². The van der Waals surface area contributed by atoms with Gasteiger partial charge in [-0.25, -0.2) is 8.78 Å². The topological polar surface area (TPSA) is 46.3 Å². The zero-order chi connectivity index (χ0) is 12.9. The molecule has 0 unspecified atom stereocenters. The second-order valence-electron chi connectivity index (χ2n) is 5.29.